The molecule has 6 heteroatoms. The van der Waals surface area contributed by atoms with E-state index in [-0.39, 0.29) is 12.6 Å². The van der Waals surface area contributed by atoms with Crippen LogP contribution in [0.5, 0.6) is 0 Å². The molecular weight excluding hydrogens is 262 g/mol. The van der Waals surface area contributed by atoms with Crippen LogP contribution in [0.2, 0.25) is 0 Å². The SMILES string of the molecule is CC1CCCN(S(=O)(=O)N(CC#N)C2CCCC2)C1. The lowest BCUT2D eigenvalue weighted by Crippen LogP contribution is -2.50. The van der Waals surface area contributed by atoms with Gasteiger partial charge in [-0.2, -0.15) is 22.3 Å². The van der Waals surface area contributed by atoms with Crippen molar-refractivity contribution in [3.63, 3.8) is 0 Å². The van der Waals surface area contributed by atoms with E-state index in [2.05, 4.69) is 6.92 Å². The number of hydrogen-bond acceptors (Lipinski definition) is 3. The molecule has 19 heavy (non-hydrogen) atoms. The minimum absolute atomic E-state index is 0.0160. The molecule has 1 heterocycles. The fraction of sp³-hybridized carbons (Fsp3) is 0.923. The highest BCUT2D eigenvalue weighted by Gasteiger charge is 2.37. The minimum Gasteiger partial charge on any atom is -0.197 e. The molecule has 1 saturated carbocycles. The first-order valence-electron chi connectivity index (χ1n) is 7.19. The van der Waals surface area contributed by atoms with E-state index in [1.165, 1.54) is 4.31 Å². The van der Waals surface area contributed by atoms with E-state index in [4.69, 9.17) is 5.26 Å². The molecule has 1 saturated heterocycles. The molecule has 1 unspecified atom stereocenters. The first-order valence-corrected chi connectivity index (χ1v) is 8.59. The maximum atomic E-state index is 12.7. The Hall–Kier alpha value is -0.640. The largest absolute Gasteiger partial charge is 0.283 e. The van der Waals surface area contributed by atoms with Gasteiger partial charge in [0.25, 0.3) is 10.2 Å². The number of rotatable bonds is 4. The Morgan fingerprint density at radius 2 is 1.95 bits per heavy atom. The minimum atomic E-state index is -3.46. The van der Waals surface area contributed by atoms with Gasteiger partial charge in [-0.15, -0.1) is 0 Å². The molecule has 108 valence electrons. The second-order valence-electron chi connectivity index (χ2n) is 5.75. The Balaban J connectivity index is 2.16. The molecule has 0 aromatic carbocycles. The number of hydrogen-bond donors (Lipinski definition) is 0. The van der Waals surface area contributed by atoms with Gasteiger partial charge in [-0.3, -0.25) is 0 Å². The summed E-state index contributed by atoms with van der Waals surface area (Å²) >= 11 is 0. The molecule has 0 N–H and O–H groups in total. The van der Waals surface area contributed by atoms with E-state index < -0.39 is 10.2 Å². The molecule has 0 aromatic rings. The van der Waals surface area contributed by atoms with Crippen molar-refractivity contribution in [1.82, 2.24) is 8.61 Å². The average Bonchev–Trinajstić information content (AvgIpc) is 2.89. The van der Waals surface area contributed by atoms with Gasteiger partial charge in [0.2, 0.25) is 0 Å². The van der Waals surface area contributed by atoms with Gasteiger partial charge in [0.1, 0.15) is 6.54 Å². The second-order valence-corrected chi connectivity index (χ2v) is 7.64. The molecule has 0 spiro atoms. The summed E-state index contributed by atoms with van der Waals surface area (Å²) in [6.45, 7) is 3.27. The van der Waals surface area contributed by atoms with Crippen molar-refractivity contribution < 1.29 is 8.42 Å². The van der Waals surface area contributed by atoms with Crippen molar-refractivity contribution in [3.8, 4) is 6.07 Å². The third kappa shape index (κ3) is 3.28. The van der Waals surface area contributed by atoms with Gasteiger partial charge < -0.3 is 0 Å². The molecule has 0 radical (unpaired) electrons. The lowest BCUT2D eigenvalue weighted by Gasteiger charge is -2.35. The summed E-state index contributed by atoms with van der Waals surface area (Å²) in [4.78, 5) is 0. The zero-order valence-corrected chi connectivity index (χ0v) is 12.4. The fourth-order valence-corrected chi connectivity index (χ4v) is 5.07. The van der Waals surface area contributed by atoms with Crippen molar-refractivity contribution in [2.75, 3.05) is 19.6 Å². The van der Waals surface area contributed by atoms with Gasteiger partial charge in [0.15, 0.2) is 0 Å². The summed E-state index contributed by atoms with van der Waals surface area (Å²) in [5, 5.41) is 8.94. The highest BCUT2D eigenvalue weighted by Crippen LogP contribution is 2.28. The number of nitriles is 1. The van der Waals surface area contributed by atoms with Gasteiger partial charge in [0, 0.05) is 19.1 Å². The van der Waals surface area contributed by atoms with Crippen molar-refractivity contribution >= 4 is 10.2 Å². The van der Waals surface area contributed by atoms with Crippen molar-refractivity contribution in [2.45, 2.75) is 51.5 Å². The topological polar surface area (TPSA) is 64.4 Å². The van der Waals surface area contributed by atoms with Crippen LogP contribution in [0.4, 0.5) is 0 Å². The Bertz CT molecular complexity index is 437. The van der Waals surface area contributed by atoms with E-state index in [9.17, 15) is 8.42 Å². The molecule has 0 amide bonds. The second kappa shape index (κ2) is 6.21. The Labute approximate surface area is 116 Å². The molecule has 0 aromatic heterocycles. The van der Waals surface area contributed by atoms with Crippen molar-refractivity contribution in [3.05, 3.63) is 0 Å². The van der Waals surface area contributed by atoms with E-state index in [1.807, 2.05) is 6.07 Å². The monoisotopic (exact) mass is 285 g/mol. The van der Waals surface area contributed by atoms with E-state index in [0.717, 1.165) is 38.5 Å². The van der Waals surface area contributed by atoms with Gasteiger partial charge >= 0.3 is 0 Å². The maximum Gasteiger partial charge on any atom is 0.283 e. The number of nitrogens with zero attached hydrogens (tertiary/aromatic N) is 3. The van der Waals surface area contributed by atoms with E-state index >= 15 is 0 Å². The molecule has 2 aliphatic rings. The van der Waals surface area contributed by atoms with E-state index in [0.29, 0.717) is 19.0 Å². The molecule has 5 nitrogen and oxygen atoms in total. The molecule has 1 aliphatic carbocycles. The van der Waals surface area contributed by atoms with Gasteiger partial charge in [-0.1, -0.05) is 19.8 Å². The van der Waals surface area contributed by atoms with Gasteiger partial charge in [-0.25, -0.2) is 0 Å². The Kier molecular flexibility index (Phi) is 4.82. The normalized spacial score (nSPS) is 26.7. The average molecular weight is 285 g/mol. The lowest BCUT2D eigenvalue weighted by molar-refractivity contribution is 0.246. The fourth-order valence-electron chi connectivity index (χ4n) is 3.17. The van der Waals surface area contributed by atoms with Gasteiger partial charge in [0.05, 0.1) is 6.07 Å². The van der Waals surface area contributed by atoms with Crippen LogP contribution in [-0.4, -0.2) is 42.7 Å². The zero-order valence-electron chi connectivity index (χ0n) is 11.6. The van der Waals surface area contributed by atoms with Crippen LogP contribution < -0.4 is 0 Å². The quantitative estimate of drug-likeness (QED) is 0.739. The van der Waals surface area contributed by atoms with Crippen LogP contribution in [0.3, 0.4) is 0 Å². The molecule has 1 aliphatic heterocycles. The smallest absolute Gasteiger partial charge is 0.197 e. The first kappa shape index (κ1) is 14.8. The van der Waals surface area contributed by atoms with Crippen LogP contribution in [0, 0.1) is 17.2 Å². The number of piperidine rings is 1. The highest BCUT2D eigenvalue weighted by atomic mass is 32.2. The summed E-state index contributed by atoms with van der Waals surface area (Å²) in [5.41, 5.74) is 0. The maximum absolute atomic E-state index is 12.7. The van der Waals surface area contributed by atoms with Crippen molar-refractivity contribution in [2.24, 2.45) is 5.92 Å². The molecular formula is C13H23N3O2S. The molecule has 2 fully saturated rings. The predicted octanol–water partition coefficient (Wildman–Crippen LogP) is 1.73. The zero-order chi connectivity index (χ0) is 13.9. The lowest BCUT2D eigenvalue weighted by atomic mass is 10.0. The summed E-state index contributed by atoms with van der Waals surface area (Å²) in [6.07, 6.45) is 5.94. The third-order valence-corrected chi connectivity index (χ3v) is 6.21. The molecule has 0 bridgehead atoms. The molecule has 2 rings (SSSR count). The third-order valence-electron chi connectivity index (χ3n) is 4.20. The predicted molar refractivity (Wildman–Crippen MR) is 73.5 cm³/mol. The van der Waals surface area contributed by atoms with Crippen LogP contribution in [0.1, 0.15) is 45.4 Å². The van der Waals surface area contributed by atoms with Gasteiger partial charge in [-0.05, 0) is 31.6 Å². The van der Waals surface area contributed by atoms with Crippen LogP contribution in [-0.2, 0) is 10.2 Å². The molecule has 1 atom stereocenters. The standard InChI is InChI=1S/C13H23N3O2S/c1-12-5-4-9-15(11-12)19(17,18)16(10-8-14)13-6-2-3-7-13/h12-13H,2-7,9-11H2,1H3. The van der Waals surface area contributed by atoms with Crippen LogP contribution >= 0.6 is 0 Å². The van der Waals surface area contributed by atoms with Crippen molar-refractivity contribution in [1.29, 1.82) is 5.26 Å². The summed E-state index contributed by atoms with van der Waals surface area (Å²) < 4.78 is 28.4. The summed E-state index contributed by atoms with van der Waals surface area (Å²) in [6, 6.07) is 2.05. The van der Waals surface area contributed by atoms with Crippen LogP contribution in [0.25, 0.3) is 0 Å². The summed E-state index contributed by atoms with van der Waals surface area (Å²) in [7, 11) is -3.46. The summed E-state index contributed by atoms with van der Waals surface area (Å²) in [5.74, 6) is 0.413. The highest BCUT2D eigenvalue weighted by molar-refractivity contribution is 7.86. The van der Waals surface area contributed by atoms with Crippen LogP contribution in [0.15, 0.2) is 0 Å². The Morgan fingerprint density at radius 1 is 1.26 bits per heavy atom. The Morgan fingerprint density at radius 3 is 2.53 bits per heavy atom. The first-order chi connectivity index (χ1) is 9.05. The van der Waals surface area contributed by atoms with E-state index in [1.54, 1.807) is 4.31 Å².